The molecule has 0 fully saturated rings. The molecule has 0 aliphatic carbocycles. The van der Waals surface area contributed by atoms with Crippen molar-refractivity contribution in [1.29, 1.82) is 0 Å². The van der Waals surface area contributed by atoms with Crippen LogP contribution in [0.15, 0.2) is 42.5 Å². The highest BCUT2D eigenvalue weighted by molar-refractivity contribution is 5.91. The molecule has 0 saturated carbocycles. The fraction of sp³-hybridized carbons (Fsp3) is 0.263. The van der Waals surface area contributed by atoms with E-state index in [0.29, 0.717) is 0 Å². The van der Waals surface area contributed by atoms with Gasteiger partial charge in [-0.3, -0.25) is 4.79 Å². The molecule has 1 unspecified atom stereocenters. The molecular formula is C19H23N3O2. The molecule has 5 nitrogen and oxygen atoms in total. The lowest BCUT2D eigenvalue weighted by molar-refractivity contribution is -0.116. The van der Waals surface area contributed by atoms with Crippen molar-refractivity contribution >= 4 is 17.6 Å². The van der Waals surface area contributed by atoms with Crippen molar-refractivity contribution in [1.82, 2.24) is 5.32 Å². The second kappa shape index (κ2) is 7.64. The summed E-state index contributed by atoms with van der Waals surface area (Å²) in [5, 5.41) is 5.52. The monoisotopic (exact) mass is 325 g/mol. The van der Waals surface area contributed by atoms with Gasteiger partial charge in [-0.15, -0.1) is 0 Å². The summed E-state index contributed by atoms with van der Waals surface area (Å²) in [6.07, 6.45) is 0.112. The van der Waals surface area contributed by atoms with Crippen molar-refractivity contribution < 1.29 is 9.59 Å². The molecule has 0 radical (unpaired) electrons. The predicted molar refractivity (Wildman–Crippen MR) is 95.8 cm³/mol. The van der Waals surface area contributed by atoms with Gasteiger partial charge in [0.1, 0.15) is 0 Å². The first kappa shape index (κ1) is 17.5. The molecule has 0 aromatic heterocycles. The summed E-state index contributed by atoms with van der Waals surface area (Å²) >= 11 is 0. The topological polar surface area (TPSA) is 84.2 Å². The number of amides is 3. The molecule has 24 heavy (non-hydrogen) atoms. The maximum absolute atomic E-state index is 12.4. The van der Waals surface area contributed by atoms with Crippen LogP contribution in [-0.2, 0) is 4.79 Å². The van der Waals surface area contributed by atoms with Crippen LogP contribution in [0.1, 0.15) is 34.7 Å². The van der Waals surface area contributed by atoms with E-state index in [1.54, 1.807) is 0 Å². The molecular weight excluding hydrogens is 302 g/mol. The summed E-state index contributed by atoms with van der Waals surface area (Å²) in [7, 11) is 0. The van der Waals surface area contributed by atoms with Crippen LogP contribution in [0.25, 0.3) is 0 Å². The van der Waals surface area contributed by atoms with E-state index in [4.69, 9.17) is 5.73 Å². The Balaban J connectivity index is 2.14. The Morgan fingerprint density at radius 2 is 1.71 bits per heavy atom. The molecule has 0 heterocycles. The van der Waals surface area contributed by atoms with Gasteiger partial charge in [0, 0.05) is 5.69 Å². The number of nitrogens with two attached hydrogens (primary N) is 1. The maximum Gasteiger partial charge on any atom is 0.312 e. The molecule has 2 rings (SSSR count). The summed E-state index contributed by atoms with van der Waals surface area (Å²) in [5.41, 5.74) is 10.2. The number of urea groups is 1. The Morgan fingerprint density at radius 3 is 2.33 bits per heavy atom. The van der Waals surface area contributed by atoms with Gasteiger partial charge in [-0.05, 0) is 55.2 Å². The normalized spacial score (nSPS) is 11.6. The SMILES string of the molecule is Cc1ccc(NC(=O)CC(NC(N)=O)c2ccccc2C)cc1C. The van der Waals surface area contributed by atoms with Gasteiger partial charge in [-0.1, -0.05) is 30.3 Å². The van der Waals surface area contributed by atoms with Gasteiger partial charge in [0.05, 0.1) is 12.5 Å². The smallest absolute Gasteiger partial charge is 0.312 e. The number of hydrogen-bond acceptors (Lipinski definition) is 2. The number of carbonyl (C=O) groups is 2. The van der Waals surface area contributed by atoms with Crippen molar-refractivity contribution in [2.45, 2.75) is 33.2 Å². The first-order valence-electron chi connectivity index (χ1n) is 7.85. The van der Waals surface area contributed by atoms with Crippen LogP contribution >= 0.6 is 0 Å². The third-order valence-corrected chi connectivity index (χ3v) is 4.06. The lowest BCUT2D eigenvalue weighted by atomic mass is 9.98. The van der Waals surface area contributed by atoms with E-state index in [1.807, 2.05) is 63.2 Å². The summed E-state index contributed by atoms with van der Waals surface area (Å²) in [6.45, 7) is 5.95. The van der Waals surface area contributed by atoms with Crippen molar-refractivity contribution in [2.24, 2.45) is 5.73 Å². The van der Waals surface area contributed by atoms with Crippen LogP contribution in [0.2, 0.25) is 0 Å². The summed E-state index contributed by atoms with van der Waals surface area (Å²) in [5.74, 6) is -0.180. The number of carbonyl (C=O) groups excluding carboxylic acids is 2. The first-order valence-corrected chi connectivity index (χ1v) is 7.85. The molecule has 0 saturated heterocycles. The van der Waals surface area contributed by atoms with E-state index in [1.165, 1.54) is 5.56 Å². The molecule has 0 aliphatic rings. The summed E-state index contributed by atoms with van der Waals surface area (Å²) in [6, 6.07) is 12.3. The van der Waals surface area contributed by atoms with E-state index in [2.05, 4.69) is 10.6 Å². The van der Waals surface area contributed by atoms with Crippen molar-refractivity contribution in [3.05, 3.63) is 64.7 Å². The summed E-state index contributed by atoms with van der Waals surface area (Å²) in [4.78, 5) is 23.7. The van der Waals surface area contributed by atoms with Crippen LogP contribution in [0.5, 0.6) is 0 Å². The number of benzene rings is 2. The van der Waals surface area contributed by atoms with Gasteiger partial charge in [0.15, 0.2) is 0 Å². The zero-order valence-corrected chi connectivity index (χ0v) is 14.2. The highest BCUT2D eigenvalue weighted by atomic mass is 16.2. The van der Waals surface area contributed by atoms with E-state index in [0.717, 1.165) is 22.4 Å². The minimum absolute atomic E-state index is 0.112. The van der Waals surface area contributed by atoms with Crippen LogP contribution in [0.4, 0.5) is 10.5 Å². The number of primary amides is 1. The fourth-order valence-corrected chi connectivity index (χ4v) is 2.60. The highest BCUT2D eigenvalue weighted by Gasteiger charge is 2.19. The Bertz CT molecular complexity index is 756. The molecule has 1 atom stereocenters. The van der Waals surface area contributed by atoms with Crippen LogP contribution in [0.3, 0.4) is 0 Å². The molecule has 4 N–H and O–H groups in total. The molecule has 3 amide bonds. The van der Waals surface area contributed by atoms with E-state index < -0.39 is 12.1 Å². The van der Waals surface area contributed by atoms with Gasteiger partial charge in [-0.25, -0.2) is 4.79 Å². The van der Waals surface area contributed by atoms with Crippen LogP contribution < -0.4 is 16.4 Å². The average Bonchev–Trinajstić information content (AvgIpc) is 2.50. The standard InChI is InChI=1S/C19H23N3O2/c1-12-8-9-15(10-14(12)3)21-18(23)11-17(22-19(20)24)16-7-5-4-6-13(16)2/h4-10,17H,11H2,1-3H3,(H,21,23)(H3,20,22,24). The average molecular weight is 325 g/mol. The second-order valence-electron chi connectivity index (χ2n) is 5.97. The molecule has 0 bridgehead atoms. The molecule has 0 aliphatic heterocycles. The fourth-order valence-electron chi connectivity index (χ4n) is 2.60. The Morgan fingerprint density at radius 1 is 1.00 bits per heavy atom. The van der Waals surface area contributed by atoms with Crippen LogP contribution in [0, 0.1) is 20.8 Å². The molecule has 0 spiro atoms. The number of nitrogens with one attached hydrogen (secondary N) is 2. The Labute approximate surface area is 142 Å². The number of hydrogen-bond donors (Lipinski definition) is 3. The van der Waals surface area contributed by atoms with Crippen molar-refractivity contribution in [2.75, 3.05) is 5.32 Å². The quantitative estimate of drug-likeness (QED) is 0.787. The van der Waals surface area contributed by atoms with Crippen LogP contribution in [-0.4, -0.2) is 11.9 Å². The summed E-state index contributed by atoms with van der Waals surface area (Å²) < 4.78 is 0. The minimum Gasteiger partial charge on any atom is -0.352 e. The van der Waals surface area contributed by atoms with Gasteiger partial charge in [0.25, 0.3) is 0 Å². The third-order valence-electron chi connectivity index (χ3n) is 4.06. The van der Waals surface area contributed by atoms with Crippen molar-refractivity contribution in [3.63, 3.8) is 0 Å². The predicted octanol–water partition coefficient (Wildman–Crippen LogP) is 3.35. The molecule has 2 aromatic rings. The lowest BCUT2D eigenvalue weighted by Gasteiger charge is -2.19. The van der Waals surface area contributed by atoms with E-state index in [9.17, 15) is 9.59 Å². The molecule has 5 heteroatoms. The van der Waals surface area contributed by atoms with Crippen molar-refractivity contribution in [3.8, 4) is 0 Å². The Kier molecular flexibility index (Phi) is 5.58. The largest absolute Gasteiger partial charge is 0.352 e. The van der Waals surface area contributed by atoms with Gasteiger partial charge < -0.3 is 16.4 Å². The second-order valence-corrected chi connectivity index (χ2v) is 5.97. The lowest BCUT2D eigenvalue weighted by Crippen LogP contribution is -2.35. The minimum atomic E-state index is -0.651. The van der Waals surface area contributed by atoms with Gasteiger partial charge in [-0.2, -0.15) is 0 Å². The number of anilines is 1. The molecule has 2 aromatic carbocycles. The number of rotatable bonds is 5. The molecule has 126 valence electrons. The highest BCUT2D eigenvalue weighted by Crippen LogP contribution is 2.22. The van der Waals surface area contributed by atoms with E-state index >= 15 is 0 Å². The third kappa shape index (κ3) is 4.59. The first-order chi connectivity index (χ1) is 11.4. The number of aryl methyl sites for hydroxylation is 3. The zero-order chi connectivity index (χ0) is 17.7. The maximum atomic E-state index is 12.4. The van der Waals surface area contributed by atoms with Gasteiger partial charge in [0.2, 0.25) is 5.91 Å². The zero-order valence-electron chi connectivity index (χ0n) is 14.2. The van der Waals surface area contributed by atoms with Gasteiger partial charge >= 0.3 is 6.03 Å². The van der Waals surface area contributed by atoms with E-state index in [-0.39, 0.29) is 12.3 Å². The Hall–Kier alpha value is -2.82.